The van der Waals surface area contributed by atoms with Crippen molar-refractivity contribution in [2.24, 2.45) is 5.10 Å². The number of halogens is 2. The normalized spacial score (nSPS) is 12.6. The van der Waals surface area contributed by atoms with Crippen molar-refractivity contribution >= 4 is 49.0 Å². The van der Waals surface area contributed by atoms with Crippen LogP contribution in [0.1, 0.15) is 51.4 Å². The number of ether oxygens (including phenoxy) is 2. The van der Waals surface area contributed by atoms with Gasteiger partial charge in [-0.05, 0) is 65.2 Å². The van der Waals surface area contributed by atoms with Gasteiger partial charge >= 0.3 is 0 Å². The lowest BCUT2D eigenvalue weighted by atomic mass is 10.2. The van der Waals surface area contributed by atoms with Crippen LogP contribution in [0.15, 0.2) is 49.2 Å². The molecule has 0 spiro atoms. The van der Waals surface area contributed by atoms with Gasteiger partial charge in [-0.15, -0.1) is 0 Å². The highest BCUT2D eigenvalue weighted by Crippen LogP contribution is 2.37. The van der Waals surface area contributed by atoms with Crippen molar-refractivity contribution in [3.8, 4) is 11.5 Å². The maximum Gasteiger partial charge on any atom is 0.282 e. The summed E-state index contributed by atoms with van der Waals surface area (Å²) in [7, 11) is 1.60. The zero-order valence-electron chi connectivity index (χ0n) is 18.1. The third kappa shape index (κ3) is 5.18. The quantitative estimate of drug-likeness (QED) is 0.333. The predicted molar refractivity (Wildman–Crippen MR) is 132 cm³/mol. The minimum atomic E-state index is -0.214. The molecule has 0 bridgehead atoms. The average Bonchev–Trinajstić information content (AvgIpc) is 2.74. The molecule has 0 unspecified atom stereocenters. The van der Waals surface area contributed by atoms with E-state index in [4.69, 9.17) is 9.47 Å². The highest BCUT2D eigenvalue weighted by Gasteiger charge is 2.16. The summed E-state index contributed by atoms with van der Waals surface area (Å²) in [6.07, 6.45) is 2.56. The minimum absolute atomic E-state index is 0.0190. The van der Waals surface area contributed by atoms with Crippen molar-refractivity contribution in [1.82, 2.24) is 9.66 Å². The zero-order valence-corrected chi connectivity index (χ0v) is 21.3. The van der Waals surface area contributed by atoms with E-state index in [-0.39, 0.29) is 17.6 Å². The highest BCUT2D eigenvalue weighted by atomic mass is 79.9. The van der Waals surface area contributed by atoms with Crippen molar-refractivity contribution < 1.29 is 9.47 Å². The van der Waals surface area contributed by atoms with E-state index in [2.05, 4.69) is 48.9 Å². The van der Waals surface area contributed by atoms with Crippen LogP contribution in [0.3, 0.4) is 0 Å². The van der Waals surface area contributed by atoms with Gasteiger partial charge in [0.25, 0.3) is 5.56 Å². The van der Waals surface area contributed by atoms with Gasteiger partial charge in [-0.3, -0.25) is 4.79 Å². The Bertz CT molecular complexity index is 1190. The van der Waals surface area contributed by atoms with E-state index in [0.717, 1.165) is 20.9 Å². The van der Waals surface area contributed by atoms with Gasteiger partial charge in [-0.1, -0.05) is 36.7 Å². The molecule has 2 aromatic carbocycles. The van der Waals surface area contributed by atoms with Crippen LogP contribution >= 0.6 is 31.9 Å². The maximum atomic E-state index is 13.2. The molecule has 0 aliphatic heterocycles. The molecule has 3 aromatic rings. The molecule has 31 heavy (non-hydrogen) atoms. The SMILES string of the molecule is CC[C@@H](C)Oc1c(Br)cc(C=Nn2c(C(C)C)nc3ccc(Br)cc3c2=O)cc1OC. The molecule has 0 N–H and O–H groups in total. The molecule has 0 amide bonds. The lowest BCUT2D eigenvalue weighted by Gasteiger charge is -2.17. The molecule has 0 radical (unpaired) electrons. The number of hydrogen-bond donors (Lipinski definition) is 0. The Morgan fingerprint density at radius 2 is 1.94 bits per heavy atom. The molecule has 1 atom stereocenters. The average molecular weight is 551 g/mol. The van der Waals surface area contributed by atoms with Crippen molar-refractivity contribution in [2.75, 3.05) is 7.11 Å². The molecule has 6 nitrogen and oxygen atoms in total. The molecular weight excluding hydrogens is 526 g/mol. The number of fused-ring (bicyclic) bond motifs is 1. The number of aromatic nitrogens is 2. The second-order valence-electron chi connectivity index (χ2n) is 7.52. The Kier molecular flexibility index (Phi) is 7.54. The second-order valence-corrected chi connectivity index (χ2v) is 9.29. The molecule has 8 heteroatoms. The summed E-state index contributed by atoms with van der Waals surface area (Å²) in [6.45, 7) is 8.04. The van der Waals surface area contributed by atoms with E-state index in [1.165, 1.54) is 4.68 Å². The van der Waals surface area contributed by atoms with E-state index in [1.807, 2.05) is 45.0 Å². The van der Waals surface area contributed by atoms with Crippen molar-refractivity contribution in [3.63, 3.8) is 0 Å². The van der Waals surface area contributed by atoms with Crippen LogP contribution in [0.25, 0.3) is 10.9 Å². The largest absolute Gasteiger partial charge is 0.493 e. The maximum absolute atomic E-state index is 13.2. The van der Waals surface area contributed by atoms with Gasteiger partial charge in [0.15, 0.2) is 11.5 Å². The predicted octanol–water partition coefficient (Wildman–Crippen LogP) is 6.11. The molecule has 0 saturated heterocycles. The van der Waals surface area contributed by atoms with E-state index in [1.54, 1.807) is 19.4 Å². The Hall–Kier alpha value is -2.19. The lowest BCUT2D eigenvalue weighted by molar-refractivity contribution is 0.206. The highest BCUT2D eigenvalue weighted by molar-refractivity contribution is 9.10. The molecule has 1 aromatic heterocycles. The Labute approximate surface area is 198 Å². The number of methoxy groups -OCH3 is 1. The topological polar surface area (TPSA) is 65.7 Å². The summed E-state index contributed by atoms with van der Waals surface area (Å²) in [5, 5.41) is 4.99. The monoisotopic (exact) mass is 549 g/mol. The van der Waals surface area contributed by atoms with Crippen LogP contribution in [-0.2, 0) is 0 Å². The van der Waals surface area contributed by atoms with Gasteiger partial charge in [0, 0.05) is 10.4 Å². The first-order chi connectivity index (χ1) is 14.7. The smallest absolute Gasteiger partial charge is 0.282 e. The molecule has 0 saturated carbocycles. The van der Waals surface area contributed by atoms with Crippen LogP contribution in [0, 0.1) is 0 Å². The van der Waals surface area contributed by atoms with Crippen molar-refractivity contribution in [1.29, 1.82) is 0 Å². The summed E-state index contributed by atoms with van der Waals surface area (Å²) in [6, 6.07) is 9.19. The van der Waals surface area contributed by atoms with Crippen LogP contribution in [-0.4, -0.2) is 29.1 Å². The first-order valence-electron chi connectivity index (χ1n) is 10.1. The molecule has 3 rings (SSSR count). The summed E-state index contributed by atoms with van der Waals surface area (Å²) < 4.78 is 14.4. The fourth-order valence-electron chi connectivity index (χ4n) is 2.99. The second kappa shape index (κ2) is 9.96. The van der Waals surface area contributed by atoms with Gasteiger partial charge in [-0.2, -0.15) is 9.78 Å². The summed E-state index contributed by atoms with van der Waals surface area (Å²) in [5.74, 6) is 1.85. The van der Waals surface area contributed by atoms with Gasteiger partial charge in [0.2, 0.25) is 0 Å². The standard InChI is InChI=1S/C23H25Br2N3O3/c1-6-14(4)31-21-18(25)9-15(10-20(21)30-5)12-26-28-22(13(2)3)27-19-8-7-16(24)11-17(19)23(28)29/h7-14H,6H2,1-5H3/t14-/m1/s1. The fourth-order valence-corrected chi connectivity index (χ4v) is 3.90. The first kappa shape index (κ1) is 23.5. The summed E-state index contributed by atoms with van der Waals surface area (Å²) >= 11 is 6.98. The minimum Gasteiger partial charge on any atom is -0.493 e. The number of rotatable bonds is 7. The van der Waals surface area contributed by atoms with E-state index in [0.29, 0.717) is 28.2 Å². The van der Waals surface area contributed by atoms with E-state index < -0.39 is 0 Å². The number of hydrogen-bond acceptors (Lipinski definition) is 5. The van der Waals surface area contributed by atoms with Crippen molar-refractivity contribution in [3.05, 3.63) is 61.0 Å². The Balaban J connectivity index is 2.09. The third-order valence-corrected chi connectivity index (χ3v) is 5.90. The summed E-state index contributed by atoms with van der Waals surface area (Å²) in [5.41, 5.74) is 1.20. The zero-order chi connectivity index (χ0) is 22.7. The first-order valence-corrected chi connectivity index (χ1v) is 11.6. The van der Waals surface area contributed by atoms with Gasteiger partial charge in [0.05, 0.1) is 34.8 Å². The van der Waals surface area contributed by atoms with Crippen molar-refractivity contribution in [2.45, 2.75) is 46.1 Å². The van der Waals surface area contributed by atoms with E-state index >= 15 is 0 Å². The summed E-state index contributed by atoms with van der Waals surface area (Å²) in [4.78, 5) is 17.8. The van der Waals surface area contributed by atoms with Gasteiger partial charge < -0.3 is 9.47 Å². The Morgan fingerprint density at radius 1 is 1.19 bits per heavy atom. The number of benzene rings is 2. The van der Waals surface area contributed by atoms with Gasteiger partial charge in [0.1, 0.15) is 5.82 Å². The lowest BCUT2D eigenvalue weighted by Crippen LogP contribution is -2.23. The number of nitrogens with zero attached hydrogens (tertiary/aromatic N) is 3. The van der Waals surface area contributed by atoms with Gasteiger partial charge in [-0.25, -0.2) is 4.98 Å². The third-order valence-electron chi connectivity index (χ3n) is 4.82. The Morgan fingerprint density at radius 3 is 2.58 bits per heavy atom. The van der Waals surface area contributed by atoms with E-state index in [9.17, 15) is 4.79 Å². The molecule has 164 valence electrons. The van der Waals surface area contributed by atoms with Crippen LogP contribution in [0.4, 0.5) is 0 Å². The molecule has 1 heterocycles. The fraction of sp³-hybridized carbons (Fsp3) is 0.348. The molecular formula is C23H25Br2N3O3. The van der Waals surface area contributed by atoms with Crippen LogP contribution < -0.4 is 15.0 Å². The van der Waals surface area contributed by atoms with Crippen LogP contribution in [0.2, 0.25) is 0 Å². The molecule has 0 aliphatic carbocycles. The molecule has 0 fully saturated rings. The van der Waals surface area contributed by atoms with Crippen LogP contribution in [0.5, 0.6) is 11.5 Å². The molecule has 0 aliphatic rings.